The summed E-state index contributed by atoms with van der Waals surface area (Å²) in [5, 5.41) is 21.3. The van der Waals surface area contributed by atoms with Crippen molar-refractivity contribution < 1.29 is 41.0 Å². The number of carbonyl (C=O) groups is 2. The molecular weight excluding hydrogens is 712 g/mol. The van der Waals surface area contributed by atoms with Gasteiger partial charge in [-0.05, 0) is 37.1 Å². The van der Waals surface area contributed by atoms with Crippen LogP contribution in [-0.2, 0) is 16.6 Å². The van der Waals surface area contributed by atoms with E-state index in [9.17, 15) is 31.5 Å². The molecule has 6 rings (SSSR count). The topological polar surface area (TPSA) is 163 Å². The summed E-state index contributed by atoms with van der Waals surface area (Å²) in [6, 6.07) is 6.84. The van der Waals surface area contributed by atoms with Crippen molar-refractivity contribution in [2.75, 3.05) is 5.32 Å². The number of nitrogens with zero attached hydrogens (tertiary/aromatic N) is 8. The van der Waals surface area contributed by atoms with Gasteiger partial charge in [-0.1, -0.05) is 30.2 Å². The average molecular weight is 738 g/mol. The molecule has 1 amide bonds. The number of hydrogen-bond donors (Lipinski definition) is 2. The Balaban J connectivity index is 0.000000654. The lowest BCUT2D eigenvalue weighted by Crippen LogP contribution is -2.27. The molecule has 1 aromatic carbocycles. The number of nitrogens with one attached hydrogen (secondary N) is 1. The van der Waals surface area contributed by atoms with Gasteiger partial charge in [-0.15, -0.1) is 5.10 Å². The first kappa shape index (κ1) is 36.7. The Morgan fingerprint density at radius 1 is 1.12 bits per heavy atom. The number of benzene rings is 1. The molecule has 2 atom stereocenters. The summed E-state index contributed by atoms with van der Waals surface area (Å²) in [5.41, 5.74) is 1.21. The van der Waals surface area contributed by atoms with Crippen molar-refractivity contribution >= 4 is 29.2 Å². The molecule has 2 N–H and O–H groups in total. The number of fused-ring (bicyclic) bond motifs is 4. The van der Waals surface area contributed by atoms with Crippen LogP contribution in [0.1, 0.15) is 50.0 Å². The Morgan fingerprint density at radius 3 is 2.49 bits per heavy atom. The second-order valence-electron chi connectivity index (χ2n) is 11.3. The molecule has 0 fully saturated rings. The van der Waals surface area contributed by atoms with Crippen LogP contribution >= 0.6 is 11.6 Å². The predicted molar refractivity (Wildman–Crippen MR) is 169 cm³/mol. The molecule has 5 heterocycles. The van der Waals surface area contributed by atoms with Crippen LogP contribution in [0.5, 0.6) is 0 Å². The number of rotatable bonds is 4. The van der Waals surface area contributed by atoms with Crippen molar-refractivity contribution in [1.29, 1.82) is 0 Å². The molecule has 0 radical (unpaired) electrons. The molecule has 1 aliphatic heterocycles. The average Bonchev–Trinajstić information content (AvgIpc) is 3.71. The van der Waals surface area contributed by atoms with Crippen molar-refractivity contribution in [3.8, 4) is 28.2 Å². The lowest BCUT2D eigenvalue weighted by atomic mass is 9.97. The largest absolute Gasteiger partial charge is 0.490 e. The Kier molecular flexibility index (Phi) is 10.6. The van der Waals surface area contributed by atoms with Gasteiger partial charge in [0.05, 0.1) is 63.8 Å². The molecule has 0 aliphatic carbocycles. The minimum atomic E-state index is -5.08. The number of halogens is 7. The molecule has 0 saturated heterocycles. The van der Waals surface area contributed by atoms with Crippen LogP contribution in [0.25, 0.3) is 28.2 Å². The zero-order valence-electron chi connectivity index (χ0n) is 26.4. The van der Waals surface area contributed by atoms with E-state index in [0.29, 0.717) is 36.3 Å². The second kappa shape index (κ2) is 14.7. The maximum Gasteiger partial charge on any atom is 0.490 e. The summed E-state index contributed by atoms with van der Waals surface area (Å²) in [7, 11) is 1.77. The first-order valence-corrected chi connectivity index (χ1v) is 15.3. The van der Waals surface area contributed by atoms with Crippen molar-refractivity contribution in [2.24, 2.45) is 13.0 Å². The summed E-state index contributed by atoms with van der Waals surface area (Å²) >= 11 is 6.06. The van der Waals surface area contributed by atoms with E-state index in [1.807, 2.05) is 13.0 Å². The van der Waals surface area contributed by atoms with Crippen molar-refractivity contribution in [3.05, 3.63) is 87.8 Å². The number of carboxylic acids is 1. The highest BCUT2D eigenvalue weighted by atomic mass is 35.5. The molecule has 20 heteroatoms. The fraction of sp³-hybridized carbons (Fsp3) is 0.290. The van der Waals surface area contributed by atoms with E-state index in [4.69, 9.17) is 21.5 Å². The minimum Gasteiger partial charge on any atom is -0.475 e. The number of carboxylic acid groups (broad SMARTS) is 1. The van der Waals surface area contributed by atoms with Crippen LogP contribution in [0.2, 0.25) is 5.02 Å². The Morgan fingerprint density at radius 2 is 1.84 bits per heavy atom. The molecule has 268 valence electrons. The van der Waals surface area contributed by atoms with E-state index < -0.39 is 41.7 Å². The lowest BCUT2D eigenvalue weighted by Gasteiger charge is -2.22. The van der Waals surface area contributed by atoms with Crippen LogP contribution < -0.4 is 10.9 Å². The van der Waals surface area contributed by atoms with E-state index in [1.165, 1.54) is 23.0 Å². The first-order valence-electron chi connectivity index (χ1n) is 14.9. The SMILES string of the molecule is C[C@@H]1CCC[C@H](n2cnc(-c3c(-n4cc(C(F)F)nn4)ccc(Cl)c3F)cc2=O)c2cc(ccn2)-c2c(cnn2C)NC1=O.O=C(O)C(F)(F)F. The molecule has 0 saturated carbocycles. The number of aromatic nitrogens is 8. The molecule has 2 bridgehead atoms. The Hall–Kier alpha value is -5.59. The summed E-state index contributed by atoms with van der Waals surface area (Å²) in [6.07, 6.45) is -0.894. The van der Waals surface area contributed by atoms with E-state index in [1.54, 1.807) is 30.2 Å². The number of hydrogen-bond acceptors (Lipinski definition) is 8. The number of amides is 1. The van der Waals surface area contributed by atoms with E-state index in [-0.39, 0.29) is 33.8 Å². The first-order chi connectivity index (χ1) is 24.1. The third-order valence-electron chi connectivity index (χ3n) is 7.88. The van der Waals surface area contributed by atoms with Gasteiger partial charge >= 0.3 is 12.1 Å². The zero-order chi connectivity index (χ0) is 37.2. The molecule has 51 heavy (non-hydrogen) atoms. The monoisotopic (exact) mass is 737 g/mol. The fourth-order valence-corrected chi connectivity index (χ4v) is 5.49. The van der Waals surface area contributed by atoms with E-state index in [0.717, 1.165) is 22.5 Å². The number of carbonyl (C=O) groups excluding carboxylic acids is 1. The third-order valence-corrected chi connectivity index (χ3v) is 8.17. The summed E-state index contributed by atoms with van der Waals surface area (Å²) in [6.45, 7) is 1.84. The lowest BCUT2D eigenvalue weighted by molar-refractivity contribution is -0.192. The van der Waals surface area contributed by atoms with Gasteiger partial charge in [0.25, 0.3) is 12.0 Å². The van der Waals surface area contributed by atoms with Crippen LogP contribution in [0.3, 0.4) is 0 Å². The van der Waals surface area contributed by atoms with Gasteiger partial charge in [0.2, 0.25) is 5.91 Å². The standard InChI is InChI=1S/C29H25ClF3N9O2.C2HF3O2/c1-15-4-3-5-22(18-10-16(8-9-34-18)27-20(37-29(15)44)12-36-40(27)2)41-14-35-19(11-24(41)43)25-23(7-6-17(30)26(25)31)42-13-21(28(32)33)38-39-42;3-2(4,5)1(6)7/h6-15,22,28H,3-5H2,1-2H3,(H,37,44);(H,6,7)/t15-,22+;/m1./s1. The van der Waals surface area contributed by atoms with Gasteiger partial charge in [-0.2, -0.15) is 18.3 Å². The smallest absolute Gasteiger partial charge is 0.475 e. The van der Waals surface area contributed by atoms with Gasteiger partial charge in [0, 0.05) is 30.8 Å². The van der Waals surface area contributed by atoms with Crippen molar-refractivity contribution in [2.45, 2.75) is 44.8 Å². The summed E-state index contributed by atoms with van der Waals surface area (Å²) in [5.74, 6) is -4.10. The van der Waals surface area contributed by atoms with E-state index in [2.05, 4.69) is 30.7 Å². The van der Waals surface area contributed by atoms with Crippen LogP contribution in [0.4, 0.5) is 32.0 Å². The maximum absolute atomic E-state index is 15.4. The molecule has 0 unspecified atom stereocenters. The van der Waals surface area contributed by atoms with Gasteiger partial charge in [0.15, 0.2) is 5.82 Å². The third kappa shape index (κ3) is 7.92. The summed E-state index contributed by atoms with van der Waals surface area (Å²) < 4.78 is 77.6. The van der Waals surface area contributed by atoms with Crippen molar-refractivity contribution in [3.63, 3.8) is 0 Å². The van der Waals surface area contributed by atoms with Crippen LogP contribution in [-0.4, -0.2) is 62.5 Å². The van der Waals surface area contributed by atoms with E-state index >= 15 is 4.39 Å². The highest BCUT2D eigenvalue weighted by molar-refractivity contribution is 6.31. The predicted octanol–water partition coefficient (Wildman–Crippen LogP) is 6.00. The highest BCUT2D eigenvalue weighted by Crippen LogP contribution is 2.34. The Labute approximate surface area is 288 Å². The number of aliphatic carboxylic acids is 1. The summed E-state index contributed by atoms with van der Waals surface area (Å²) in [4.78, 5) is 44.5. The molecule has 13 nitrogen and oxygen atoms in total. The molecule has 4 aromatic heterocycles. The molecule has 1 aliphatic rings. The van der Waals surface area contributed by atoms with Crippen molar-refractivity contribution in [1.82, 2.24) is 39.3 Å². The molecule has 5 aromatic rings. The van der Waals surface area contributed by atoms with Gasteiger partial charge < -0.3 is 10.4 Å². The number of aryl methyl sites for hydroxylation is 1. The quantitative estimate of drug-likeness (QED) is 0.211. The van der Waals surface area contributed by atoms with Crippen LogP contribution in [0.15, 0.2) is 60.0 Å². The number of anilines is 1. The molecule has 0 spiro atoms. The Bertz CT molecular complexity index is 2150. The normalized spacial score (nSPS) is 16.3. The second-order valence-corrected chi connectivity index (χ2v) is 11.7. The van der Waals surface area contributed by atoms with Gasteiger partial charge in [-0.25, -0.2) is 27.6 Å². The maximum atomic E-state index is 15.4. The molecular formula is C31H26ClF6N9O4. The fourth-order valence-electron chi connectivity index (χ4n) is 5.33. The number of pyridine rings is 1. The number of alkyl halides is 5. The zero-order valence-corrected chi connectivity index (χ0v) is 27.2. The minimum absolute atomic E-state index is 0.0237. The van der Waals surface area contributed by atoms with Gasteiger partial charge in [-0.3, -0.25) is 23.8 Å². The highest BCUT2D eigenvalue weighted by Gasteiger charge is 2.38. The van der Waals surface area contributed by atoms with Crippen LogP contribution in [0, 0.1) is 11.7 Å². The van der Waals surface area contributed by atoms with Gasteiger partial charge in [0.1, 0.15) is 5.69 Å².